The third-order valence-corrected chi connectivity index (χ3v) is 12.7. The van der Waals surface area contributed by atoms with Crippen LogP contribution in [0.1, 0.15) is 0 Å². The fraction of sp³-hybridized carbons (Fsp3) is 0. The zero-order valence-corrected chi connectivity index (χ0v) is 27.5. The molecule has 2 heterocycles. The van der Waals surface area contributed by atoms with Gasteiger partial charge in [-0.25, -0.2) is 0 Å². The highest BCUT2D eigenvalue weighted by Crippen LogP contribution is 2.53. The van der Waals surface area contributed by atoms with Gasteiger partial charge in [-0.05, 0) is 83.5 Å². The van der Waals surface area contributed by atoms with Crippen molar-refractivity contribution in [1.82, 2.24) is 0 Å². The van der Waals surface area contributed by atoms with Crippen LogP contribution in [0.3, 0.4) is 0 Å². The summed E-state index contributed by atoms with van der Waals surface area (Å²) < 4.78 is 5.47. The molecule has 0 unspecified atom stereocenters. The molecule has 0 fully saturated rings. The van der Waals surface area contributed by atoms with Gasteiger partial charge in [0.25, 0.3) is 0 Å². The van der Waals surface area contributed by atoms with Gasteiger partial charge in [0.1, 0.15) is 0 Å². The van der Waals surface area contributed by atoms with Crippen LogP contribution in [0.4, 0.5) is 0 Å². The Bertz CT molecular complexity index is 3060. The summed E-state index contributed by atoms with van der Waals surface area (Å²) in [6.07, 6.45) is 0. The molecule has 0 radical (unpaired) electrons. The summed E-state index contributed by atoms with van der Waals surface area (Å²) in [7, 11) is 0. The summed E-state index contributed by atoms with van der Waals surface area (Å²) in [5, 5.41) is 15.8. The molecule has 0 aliphatic carbocycles. The lowest BCUT2D eigenvalue weighted by molar-refractivity contribution is 1.70. The molecule has 0 saturated heterocycles. The molecule has 11 aromatic rings. The van der Waals surface area contributed by atoms with Crippen molar-refractivity contribution in [1.29, 1.82) is 0 Å². The van der Waals surface area contributed by atoms with E-state index in [9.17, 15) is 0 Å². The van der Waals surface area contributed by atoms with Crippen LogP contribution in [0, 0.1) is 0 Å². The predicted molar refractivity (Wildman–Crippen MR) is 213 cm³/mol. The molecule has 0 spiro atoms. The number of hydrogen-bond donors (Lipinski definition) is 0. The number of benzene rings is 9. The Hall–Kier alpha value is -5.54. The number of fused-ring (bicyclic) bond motifs is 12. The minimum absolute atomic E-state index is 1.26. The molecule has 0 amide bonds. The fourth-order valence-corrected chi connectivity index (χ4v) is 10.8. The molecule has 0 atom stereocenters. The van der Waals surface area contributed by atoms with E-state index in [2.05, 4.69) is 158 Å². The van der Waals surface area contributed by atoms with Crippen molar-refractivity contribution in [2.75, 3.05) is 0 Å². The van der Waals surface area contributed by atoms with Gasteiger partial charge in [0.15, 0.2) is 0 Å². The van der Waals surface area contributed by atoms with Crippen LogP contribution < -0.4 is 0 Å². The van der Waals surface area contributed by atoms with Gasteiger partial charge in [0.05, 0.1) is 9.40 Å². The third-order valence-electron chi connectivity index (χ3n) is 10.2. The molecule has 0 saturated carbocycles. The van der Waals surface area contributed by atoms with Crippen molar-refractivity contribution in [3.05, 3.63) is 158 Å². The fourth-order valence-electron chi connectivity index (χ4n) is 8.24. The summed E-state index contributed by atoms with van der Waals surface area (Å²) in [5.41, 5.74) is 5.23. The first-order valence-electron chi connectivity index (χ1n) is 16.4. The van der Waals surface area contributed by atoms with Crippen molar-refractivity contribution in [3.63, 3.8) is 0 Å². The zero-order chi connectivity index (χ0) is 31.3. The molecule has 0 aliphatic rings. The maximum Gasteiger partial charge on any atom is 0.0540 e. The smallest absolute Gasteiger partial charge is 0.0540 e. The highest BCUT2D eigenvalue weighted by Gasteiger charge is 2.23. The maximum atomic E-state index is 2.54. The number of thiophene rings is 2. The second kappa shape index (κ2) is 9.98. The van der Waals surface area contributed by atoms with E-state index in [1.165, 1.54) is 106 Å². The van der Waals surface area contributed by atoms with E-state index in [0.717, 1.165) is 0 Å². The van der Waals surface area contributed by atoms with Crippen LogP contribution in [0.25, 0.3) is 106 Å². The van der Waals surface area contributed by atoms with E-state index in [4.69, 9.17) is 0 Å². The second-order valence-corrected chi connectivity index (χ2v) is 14.8. The molecule has 11 rings (SSSR count). The predicted octanol–water partition coefficient (Wildman–Crippen LogP) is 14.4. The Morgan fingerprint density at radius 2 is 0.812 bits per heavy atom. The second-order valence-electron chi connectivity index (χ2n) is 12.7. The Morgan fingerprint density at radius 1 is 0.292 bits per heavy atom. The Kier molecular flexibility index (Phi) is 5.51. The lowest BCUT2D eigenvalue weighted by Gasteiger charge is -2.19. The lowest BCUT2D eigenvalue weighted by atomic mass is 9.83. The summed E-state index contributed by atoms with van der Waals surface area (Å²) in [6.45, 7) is 0. The molecule has 0 N–H and O–H groups in total. The molecular formula is C46H26S2. The Morgan fingerprint density at radius 3 is 1.52 bits per heavy atom. The molecule has 0 bridgehead atoms. The maximum absolute atomic E-state index is 2.54. The first-order chi connectivity index (χ1) is 23.8. The monoisotopic (exact) mass is 642 g/mol. The van der Waals surface area contributed by atoms with Crippen LogP contribution in [0.15, 0.2) is 158 Å². The molecule has 9 aromatic carbocycles. The van der Waals surface area contributed by atoms with Crippen molar-refractivity contribution in [2.45, 2.75) is 0 Å². The first kappa shape index (κ1) is 26.5. The van der Waals surface area contributed by atoms with Crippen molar-refractivity contribution in [3.8, 4) is 22.3 Å². The van der Waals surface area contributed by atoms with Crippen molar-refractivity contribution < 1.29 is 0 Å². The van der Waals surface area contributed by atoms with Gasteiger partial charge < -0.3 is 0 Å². The van der Waals surface area contributed by atoms with Crippen LogP contribution in [0.5, 0.6) is 0 Å². The molecule has 0 aliphatic heterocycles. The van der Waals surface area contributed by atoms with E-state index < -0.39 is 0 Å². The van der Waals surface area contributed by atoms with Crippen molar-refractivity contribution in [2.24, 2.45) is 0 Å². The molecule has 2 heteroatoms. The number of hydrogen-bond acceptors (Lipinski definition) is 2. The quantitative estimate of drug-likeness (QED) is 0.165. The lowest BCUT2D eigenvalue weighted by Crippen LogP contribution is -1.92. The first-order valence-corrected chi connectivity index (χ1v) is 18.1. The Balaban J connectivity index is 1.38. The van der Waals surface area contributed by atoms with Gasteiger partial charge in [0, 0.05) is 30.9 Å². The van der Waals surface area contributed by atoms with Crippen LogP contribution in [-0.2, 0) is 0 Å². The van der Waals surface area contributed by atoms with Gasteiger partial charge in [-0.2, -0.15) is 0 Å². The van der Waals surface area contributed by atoms with Gasteiger partial charge in [0.2, 0.25) is 0 Å². The van der Waals surface area contributed by atoms with Crippen LogP contribution >= 0.6 is 22.7 Å². The van der Waals surface area contributed by atoms with Gasteiger partial charge in [-0.1, -0.05) is 140 Å². The van der Waals surface area contributed by atoms with Gasteiger partial charge >= 0.3 is 0 Å². The molecular weight excluding hydrogens is 617 g/mol. The largest absolute Gasteiger partial charge is 0.134 e. The molecule has 0 nitrogen and oxygen atoms in total. The van der Waals surface area contributed by atoms with E-state index in [-0.39, 0.29) is 0 Å². The minimum Gasteiger partial charge on any atom is -0.134 e. The molecule has 48 heavy (non-hydrogen) atoms. The normalized spacial score (nSPS) is 12.2. The van der Waals surface area contributed by atoms with E-state index >= 15 is 0 Å². The van der Waals surface area contributed by atoms with Crippen LogP contribution in [-0.4, -0.2) is 0 Å². The average molecular weight is 643 g/mol. The zero-order valence-electron chi connectivity index (χ0n) is 25.8. The minimum atomic E-state index is 1.26. The van der Waals surface area contributed by atoms with Gasteiger partial charge in [-0.3, -0.25) is 0 Å². The summed E-state index contributed by atoms with van der Waals surface area (Å²) in [5.74, 6) is 0. The van der Waals surface area contributed by atoms with Gasteiger partial charge in [-0.15, -0.1) is 22.7 Å². The third kappa shape index (κ3) is 3.59. The van der Waals surface area contributed by atoms with Crippen molar-refractivity contribution >= 4 is 106 Å². The van der Waals surface area contributed by atoms with Crippen LogP contribution in [0.2, 0.25) is 0 Å². The van der Waals surface area contributed by atoms with E-state index in [0.29, 0.717) is 0 Å². The van der Waals surface area contributed by atoms with E-state index in [1.807, 2.05) is 22.7 Å². The highest BCUT2D eigenvalue weighted by atomic mass is 32.1. The topological polar surface area (TPSA) is 0 Å². The molecule has 2 aromatic heterocycles. The number of rotatable bonds is 2. The summed E-state index contributed by atoms with van der Waals surface area (Å²) in [6, 6.07) is 58.7. The molecule has 222 valence electrons. The summed E-state index contributed by atoms with van der Waals surface area (Å²) >= 11 is 3.89. The Labute approximate surface area is 284 Å². The van der Waals surface area contributed by atoms with E-state index in [1.54, 1.807) is 0 Å². The highest BCUT2D eigenvalue weighted by molar-refractivity contribution is 7.33. The SMILES string of the molecule is c1ccc2c(-c3c4ccccc4c(-c4cc5c(sc6ccc7ccccc7c65)c5sc6ccccc6c45)c4ccccc34)cccc2c1. The standard InChI is InChI=1S/C46H26S2/c1-3-15-29-27(12-1)14-11-22-31(29)41-32-17-5-7-19-34(32)42(35-20-8-6-18-33(35)41)37-26-38-43-30-16-4-2-13-28(30)24-25-40(43)48-45(38)46-44(37)36-21-9-10-23-39(36)47-46/h1-26H. The average Bonchev–Trinajstić information content (AvgIpc) is 3.73. The summed E-state index contributed by atoms with van der Waals surface area (Å²) in [4.78, 5) is 0.